The molecule has 14 heteroatoms. The maximum Gasteiger partial charge on any atom is 0.416 e. The Morgan fingerprint density at radius 2 is 1.85 bits per heavy atom. The predicted molar refractivity (Wildman–Crippen MR) is 114 cm³/mol. The molecule has 2 aromatic carbocycles. The van der Waals surface area contributed by atoms with Gasteiger partial charge in [0.15, 0.2) is 9.84 Å². The van der Waals surface area contributed by atoms with Crippen LogP contribution < -0.4 is 0 Å². The summed E-state index contributed by atoms with van der Waals surface area (Å²) in [6, 6.07) is 7.04. The third kappa shape index (κ3) is 4.53. The number of hydrogen-bond donors (Lipinski definition) is 2. The molecule has 1 fully saturated rings. The summed E-state index contributed by atoms with van der Waals surface area (Å²) in [6.07, 6.45) is -4.77. The van der Waals surface area contributed by atoms with Crippen molar-refractivity contribution in [2.75, 3.05) is 19.7 Å². The summed E-state index contributed by atoms with van der Waals surface area (Å²) in [5.74, 6) is 0. The minimum absolute atomic E-state index is 0.212. The molecule has 8 nitrogen and oxygen atoms in total. The number of rotatable bonds is 5. The van der Waals surface area contributed by atoms with Gasteiger partial charge >= 0.3 is 6.18 Å². The number of aliphatic hydroxyl groups is 2. The number of alkyl halides is 3. The Balaban J connectivity index is 2.03. The number of sulfone groups is 1. The van der Waals surface area contributed by atoms with Gasteiger partial charge in [-0.1, -0.05) is 11.6 Å². The second-order valence-electron chi connectivity index (χ2n) is 7.82. The molecule has 34 heavy (non-hydrogen) atoms. The Morgan fingerprint density at radius 3 is 2.35 bits per heavy atom. The number of aryl methyl sites for hydroxylation is 1. The number of benzene rings is 2. The third-order valence-electron chi connectivity index (χ3n) is 5.59. The Kier molecular flexibility index (Phi) is 6.82. The Hall–Kier alpha value is -2.21. The van der Waals surface area contributed by atoms with Crippen molar-refractivity contribution >= 4 is 31.5 Å². The third-order valence-corrected chi connectivity index (χ3v) is 10.1. The van der Waals surface area contributed by atoms with Gasteiger partial charge in [-0.25, -0.2) is 16.8 Å². The first-order valence-corrected chi connectivity index (χ1v) is 12.9. The standard InChI is InChI=1S/C20H18ClF3N2O6S2/c1-12-6-15(4-2-13(12)8-25)33(29,30)18-9-26(10-19(18,28)11-27)34(31,32)17-5-3-14(7-16(17)21)20(22,23)24/h2-7,18,27-28H,9-11H2,1H3/t18-,19+/m0/s1. The summed E-state index contributed by atoms with van der Waals surface area (Å²) in [4.78, 5) is -1.01. The van der Waals surface area contributed by atoms with Crippen molar-refractivity contribution < 1.29 is 40.2 Å². The quantitative estimate of drug-likeness (QED) is 0.595. The van der Waals surface area contributed by atoms with Gasteiger partial charge in [0, 0.05) is 13.1 Å². The van der Waals surface area contributed by atoms with Gasteiger partial charge < -0.3 is 10.2 Å². The maximum absolute atomic E-state index is 13.3. The first kappa shape index (κ1) is 26.4. The van der Waals surface area contributed by atoms with Gasteiger partial charge in [-0.05, 0) is 48.9 Å². The molecule has 0 aliphatic carbocycles. The van der Waals surface area contributed by atoms with E-state index in [2.05, 4.69) is 0 Å². The average Bonchev–Trinajstić information content (AvgIpc) is 3.12. The Morgan fingerprint density at radius 1 is 1.21 bits per heavy atom. The zero-order valence-corrected chi connectivity index (χ0v) is 19.8. The van der Waals surface area contributed by atoms with Crippen LogP contribution >= 0.6 is 11.6 Å². The van der Waals surface area contributed by atoms with Crippen molar-refractivity contribution in [1.29, 1.82) is 5.26 Å². The van der Waals surface area contributed by atoms with Crippen molar-refractivity contribution in [3.63, 3.8) is 0 Å². The van der Waals surface area contributed by atoms with Gasteiger partial charge in [0.05, 0.1) is 33.7 Å². The Bertz CT molecular complexity index is 1390. The van der Waals surface area contributed by atoms with Crippen LogP contribution in [0.25, 0.3) is 0 Å². The van der Waals surface area contributed by atoms with Crippen molar-refractivity contribution in [2.24, 2.45) is 0 Å². The number of hydrogen-bond acceptors (Lipinski definition) is 7. The molecule has 2 atom stereocenters. The highest BCUT2D eigenvalue weighted by atomic mass is 35.5. The summed E-state index contributed by atoms with van der Waals surface area (Å²) in [5, 5.41) is 27.1. The van der Waals surface area contributed by atoms with Crippen LogP contribution in [0.4, 0.5) is 13.2 Å². The molecule has 1 saturated heterocycles. The van der Waals surface area contributed by atoms with E-state index in [-0.39, 0.29) is 10.5 Å². The number of β-amino-alcohol motifs (C(OH)–C–C–N with tert-alkyl or cyclic N) is 1. The molecule has 0 radical (unpaired) electrons. The second kappa shape index (κ2) is 8.78. The van der Waals surface area contributed by atoms with Gasteiger partial charge in [-0.15, -0.1) is 0 Å². The van der Waals surface area contributed by atoms with Gasteiger partial charge in [0.2, 0.25) is 10.0 Å². The molecule has 184 valence electrons. The fraction of sp³-hybridized carbons (Fsp3) is 0.350. The van der Waals surface area contributed by atoms with Crippen LogP contribution in [0.5, 0.6) is 0 Å². The summed E-state index contributed by atoms with van der Waals surface area (Å²) >= 11 is 5.81. The molecule has 0 aromatic heterocycles. The molecule has 1 heterocycles. The SMILES string of the molecule is Cc1cc(S(=O)(=O)[C@H]2CN(S(=O)(=O)c3ccc(C(F)(F)F)cc3Cl)C[C@@]2(O)CO)ccc1C#N. The van der Waals surface area contributed by atoms with Crippen molar-refractivity contribution in [3.8, 4) is 6.07 Å². The van der Waals surface area contributed by atoms with E-state index in [0.717, 1.165) is 6.07 Å². The lowest BCUT2D eigenvalue weighted by Gasteiger charge is -2.26. The molecule has 2 aromatic rings. The molecule has 1 aliphatic heterocycles. The summed E-state index contributed by atoms with van der Waals surface area (Å²) < 4.78 is 92.0. The molecule has 1 aliphatic rings. The first-order valence-electron chi connectivity index (χ1n) is 9.53. The first-order chi connectivity index (χ1) is 15.6. The van der Waals surface area contributed by atoms with Crippen LogP contribution in [0.2, 0.25) is 5.02 Å². The van der Waals surface area contributed by atoms with Crippen LogP contribution in [0.15, 0.2) is 46.2 Å². The van der Waals surface area contributed by atoms with Gasteiger partial charge in [-0.2, -0.15) is 22.7 Å². The lowest BCUT2D eigenvalue weighted by atomic mass is 10.1. The summed E-state index contributed by atoms with van der Waals surface area (Å²) in [6.45, 7) is -1.26. The number of nitrogens with zero attached hydrogens (tertiary/aromatic N) is 2. The van der Waals surface area contributed by atoms with E-state index in [1.165, 1.54) is 19.1 Å². The van der Waals surface area contributed by atoms with E-state index < -0.39 is 72.1 Å². The number of nitriles is 1. The highest BCUT2D eigenvalue weighted by Crippen LogP contribution is 2.38. The number of halogens is 4. The van der Waals surface area contributed by atoms with E-state index in [1.807, 2.05) is 6.07 Å². The van der Waals surface area contributed by atoms with Crippen LogP contribution in [-0.2, 0) is 26.0 Å². The number of aliphatic hydroxyl groups excluding tert-OH is 1. The highest BCUT2D eigenvalue weighted by Gasteiger charge is 2.55. The van der Waals surface area contributed by atoms with Crippen LogP contribution in [0.3, 0.4) is 0 Å². The monoisotopic (exact) mass is 538 g/mol. The molecule has 0 unspecified atom stereocenters. The molecule has 0 spiro atoms. The molecule has 0 amide bonds. The van der Waals surface area contributed by atoms with E-state index in [1.54, 1.807) is 0 Å². The fourth-order valence-electron chi connectivity index (χ4n) is 3.68. The normalized spacial score (nSPS) is 22.0. The number of sulfonamides is 1. The van der Waals surface area contributed by atoms with Crippen LogP contribution in [0, 0.1) is 18.3 Å². The molecule has 0 saturated carbocycles. The van der Waals surface area contributed by atoms with Crippen LogP contribution in [-0.4, -0.2) is 61.9 Å². The second-order valence-corrected chi connectivity index (χ2v) is 12.3. The van der Waals surface area contributed by atoms with E-state index >= 15 is 0 Å². The molecule has 0 bridgehead atoms. The van der Waals surface area contributed by atoms with E-state index in [4.69, 9.17) is 16.9 Å². The van der Waals surface area contributed by atoms with Gasteiger partial charge in [0.25, 0.3) is 0 Å². The minimum atomic E-state index is -4.77. The molecular formula is C20H18ClF3N2O6S2. The molecule has 3 rings (SSSR count). The predicted octanol–water partition coefficient (Wildman–Crippen LogP) is 2.11. The van der Waals surface area contributed by atoms with Crippen molar-refractivity contribution in [3.05, 3.63) is 58.1 Å². The van der Waals surface area contributed by atoms with Crippen molar-refractivity contribution in [1.82, 2.24) is 4.31 Å². The largest absolute Gasteiger partial charge is 0.416 e. The molecular weight excluding hydrogens is 521 g/mol. The summed E-state index contributed by atoms with van der Waals surface area (Å²) in [5.41, 5.74) is -3.05. The smallest absolute Gasteiger partial charge is 0.393 e. The zero-order chi connectivity index (χ0) is 25.7. The zero-order valence-electron chi connectivity index (χ0n) is 17.4. The lowest BCUT2D eigenvalue weighted by molar-refractivity contribution is -0.137. The van der Waals surface area contributed by atoms with Crippen molar-refractivity contribution in [2.45, 2.75) is 33.7 Å². The van der Waals surface area contributed by atoms with Crippen LogP contribution in [0.1, 0.15) is 16.7 Å². The lowest BCUT2D eigenvalue weighted by Crippen LogP contribution is -2.49. The van der Waals surface area contributed by atoms with E-state index in [0.29, 0.717) is 28.1 Å². The van der Waals surface area contributed by atoms with E-state index in [9.17, 15) is 40.2 Å². The highest BCUT2D eigenvalue weighted by molar-refractivity contribution is 7.92. The average molecular weight is 539 g/mol. The fourth-order valence-corrected chi connectivity index (χ4v) is 7.84. The molecule has 2 N–H and O–H groups in total. The summed E-state index contributed by atoms with van der Waals surface area (Å²) in [7, 11) is -9.08. The minimum Gasteiger partial charge on any atom is -0.393 e. The Labute approximate surface area is 198 Å². The maximum atomic E-state index is 13.3. The topological polar surface area (TPSA) is 136 Å². The van der Waals surface area contributed by atoms with Gasteiger partial charge in [-0.3, -0.25) is 0 Å². The van der Waals surface area contributed by atoms with Gasteiger partial charge in [0.1, 0.15) is 15.7 Å².